The van der Waals surface area contributed by atoms with Crippen molar-refractivity contribution in [2.24, 2.45) is 5.41 Å². The summed E-state index contributed by atoms with van der Waals surface area (Å²) in [6.45, 7) is 1.84. The van der Waals surface area contributed by atoms with Crippen LogP contribution in [0.4, 0.5) is 0 Å². The molecule has 9 heavy (non-hydrogen) atoms. The Balaban J connectivity index is 2.82. The zero-order valence-electron chi connectivity index (χ0n) is 5.42. The molecule has 1 nitrogen and oxygen atoms in total. The van der Waals surface area contributed by atoms with Gasteiger partial charge in [-0.2, -0.15) is 0 Å². The first-order valence-electron chi connectivity index (χ1n) is 3.01. The van der Waals surface area contributed by atoms with Gasteiger partial charge in [0.1, 0.15) is 0 Å². The van der Waals surface area contributed by atoms with Crippen LogP contribution in [-0.4, -0.2) is 0 Å². The normalized spacial score (nSPS) is 21.3. The average molecular weight is 121 g/mol. The van der Waals surface area contributed by atoms with Crippen molar-refractivity contribution in [3.8, 4) is 6.15 Å². The van der Waals surface area contributed by atoms with Crippen LogP contribution in [0.3, 0.4) is 0 Å². The second-order valence-corrected chi connectivity index (χ2v) is 2.43. The maximum atomic E-state index is 10.3. The zero-order chi connectivity index (χ0) is 6.74. The van der Waals surface area contributed by atoms with E-state index in [-0.39, 0.29) is 0 Å². The summed E-state index contributed by atoms with van der Waals surface area (Å²) in [5, 5.41) is 0. The minimum absolute atomic E-state index is 0.446. The van der Waals surface area contributed by atoms with Gasteiger partial charge >= 0.3 is 53.9 Å². The molecule has 0 amide bonds. The third-order valence-corrected chi connectivity index (χ3v) is 1.42. The summed E-state index contributed by atoms with van der Waals surface area (Å²) in [5.41, 5.74) is -0.446. The fraction of sp³-hybridized carbons (Fsp3) is 0.375. The van der Waals surface area contributed by atoms with Crippen molar-refractivity contribution in [3.05, 3.63) is 24.3 Å². The molecule has 0 radical (unpaired) electrons. The van der Waals surface area contributed by atoms with Gasteiger partial charge in [-0.05, 0) is 0 Å². The molecule has 0 aromatic carbocycles. The van der Waals surface area contributed by atoms with E-state index in [0.717, 1.165) is 6.42 Å². The minimum atomic E-state index is -0.446. The van der Waals surface area contributed by atoms with Gasteiger partial charge in [-0.1, -0.05) is 0 Å². The van der Waals surface area contributed by atoms with Gasteiger partial charge in [-0.3, -0.25) is 0 Å². The first-order chi connectivity index (χ1) is 4.27. The van der Waals surface area contributed by atoms with Crippen molar-refractivity contribution in [1.82, 2.24) is 0 Å². The molecule has 0 aromatic heterocycles. The molecule has 0 aliphatic heterocycles. The Labute approximate surface area is 54.8 Å². The van der Waals surface area contributed by atoms with Crippen molar-refractivity contribution in [2.75, 3.05) is 0 Å². The molecular weight excluding hydrogens is 112 g/mol. The van der Waals surface area contributed by atoms with E-state index in [1.165, 1.54) is 0 Å². The molecule has 0 spiro atoms. The molecule has 0 atom stereocenters. The number of hydrogen-bond donors (Lipinski definition) is 0. The Kier molecular flexibility index (Phi) is 1.56. The van der Waals surface area contributed by atoms with Gasteiger partial charge in [0.2, 0.25) is 0 Å². The maximum absolute atomic E-state index is 10.3. The molecule has 1 aliphatic rings. The Bertz CT molecular complexity index is 181. The topological polar surface area (TPSA) is 19.9 Å². The van der Waals surface area contributed by atoms with Crippen LogP contribution >= 0.6 is 0 Å². The molecular formula is C8H9O+. The van der Waals surface area contributed by atoms with Gasteiger partial charge in [-0.25, -0.2) is 0 Å². The summed E-state index contributed by atoms with van der Waals surface area (Å²) < 4.78 is 10.3. The molecule has 0 N–H and O–H groups in total. The van der Waals surface area contributed by atoms with Crippen LogP contribution in [0.15, 0.2) is 24.3 Å². The van der Waals surface area contributed by atoms with Gasteiger partial charge in [0.15, 0.2) is 0 Å². The Hall–Kier alpha value is -0.780. The van der Waals surface area contributed by atoms with Crippen LogP contribution in [0, 0.1) is 11.6 Å². The molecule has 0 aromatic rings. The van der Waals surface area contributed by atoms with Crippen LogP contribution in [0.2, 0.25) is 0 Å². The summed E-state index contributed by atoms with van der Waals surface area (Å²) in [5.74, 6) is 0. The molecule has 0 bridgehead atoms. The molecule has 0 heterocycles. The van der Waals surface area contributed by atoms with E-state index in [1.54, 1.807) is 0 Å². The SMILES string of the molecule is CC1(C#[O+])C=CCC=C1. The first kappa shape index (κ1) is 6.34. The van der Waals surface area contributed by atoms with E-state index >= 15 is 0 Å². The molecule has 0 saturated carbocycles. The Morgan fingerprint density at radius 2 is 2.00 bits per heavy atom. The van der Waals surface area contributed by atoms with Gasteiger partial charge < -0.3 is 0 Å². The van der Waals surface area contributed by atoms with E-state index in [0.29, 0.717) is 0 Å². The molecule has 1 aliphatic carbocycles. The van der Waals surface area contributed by atoms with Crippen LogP contribution in [0.1, 0.15) is 13.3 Å². The third-order valence-electron chi connectivity index (χ3n) is 1.42. The van der Waals surface area contributed by atoms with Crippen molar-refractivity contribution in [1.29, 1.82) is 0 Å². The molecule has 0 saturated heterocycles. The number of allylic oxidation sites excluding steroid dienone is 4. The third kappa shape index (κ3) is 1.32. The van der Waals surface area contributed by atoms with E-state index in [4.69, 9.17) is 0 Å². The summed E-state index contributed by atoms with van der Waals surface area (Å²) in [6.07, 6.45) is 10.6. The van der Waals surface area contributed by atoms with Crippen molar-refractivity contribution in [2.45, 2.75) is 13.3 Å². The van der Waals surface area contributed by atoms with E-state index in [9.17, 15) is 4.65 Å². The van der Waals surface area contributed by atoms with E-state index in [2.05, 4.69) is 0 Å². The number of rotatable bonds is 0. The predicted octanol–water partition coefficient (Wildman–Crippen LogP) is 1.90. The quantitative estimate of drug-likeness (QED) is 0.344. The van der Waals surface area contributed by atoms with Gasteiger partial charge in [0, 0.05) is 0 Å². The van der Waals surface area contributed by atoms with E-state index in [1.807, 2.05) is 37.4 Å². The second-order valence-electron chi connectivity index (χ2n) is 2.43. The standard InChI is InChI=1S/C8H9O/c1-8(7-9)5-3-2-4-6-8/h3-6H,2H2,1H3/q+1. The summed E-state index contributed by atoms with van der Waals surface area (Å²) >= 11 is 0. The van der Waals surface area contributed by atoms with Crippen LogP contribution in [0.5, 0.6) is 0 Å². The van der Waals surface area contributed by atoms with Crippen molar-refractivity contribution < 1.29 is 4.65 Å². The van der Waals surface area contributed by atoms with Crippen LogP contribution in [0.25, 0.3) is 0 Å². The Morgan fingerprint density at radius 3 is 2.33 bits per heavy atom. The van der Waals surface area contributed by atoms with Gasteiger partial charge in [0.05, 0.1) is 0 Å². The molecule has 46 valence electrons. The molecule has 1 heteroatoms. The summed E-state index contributed by atoms with van der Waals surface area (Å²) in [4.78, 5) is 0. The summed E-state index contributed by atoms with van der Waals surface area (Å²) in [6, 6.07) is 0. The Morgan fingerprint density at radius 1 is 1.44 bits per heavy atom. The van der Waals surface area contributed by atoms with Crippen molar-refractivity contribution >= 4 is 0 Å². The van der Waals surface area contributed by atoms with Crippen LogP contribution in [-0.2, 0) is 4.65 Å². The fourth-order valence-corrected chi connectivity index (χ4v) is 0.828. The fourth-order valence-electron chi connectivity index (χ4n) is 0.828. The molecule has 0 fully saturated rings. The van der Waals surface area contributed by atoms with Gasteiger partial charge in [0.25, 0.3) is 0 Å². The monoisotopic (exact) mass is 121 g/mol. The first-order valence-corrected chi connectivity index (χ1v) is 3.01. The van der Waals surface area contributed by atoms with E-state index < -0.39 is 5.41 Å². The number of hydrogen-bond acceptors (Lipinski definition) is 0. The average Bonchev–Trinajstić information content (AvgIpc) is 1.90. The zero-order valence-corrected chi connectivity index (χ0v) is 5.42. The van der Waals surface area contributed by atoms with Crippen molar-refractivity contribution in [3.63, 3.8) is 0 Å². The van der Waals surface area contributed by atoms with Gasteiger partial charge in [-0.15, -0.1) is 0 Å². The predicted molar refractivity (Wildman–Crippen MR) is 35.6 cm³/mol. The molecule has 0 unspecified atom stereocenters. The summed E-state index contributed by atoms with van der Waals surface area (Å²) in [7, 11) is 0. The second kappa shape index (κ2) is 2.22. The van der Waals surface area contributed by atoms with Crippen LogP contribution < -0.4 is 0 Å². The molecule has 1 rings (SSSR count).